The molecule has 1 spiro atoms. The highest BCUT2D eigenvalue weighted by atomic mass is 35.5. The van der Waals surface area contributed by atoms with Crippen molar-refractivity contribution in [2.45, 2.75) is 49.7 Å². The fourth-order valence-electron chi connectivity index (χ4n) is 4.42. The summed E-state index contributed by atoms with van der Waals surface area (Å²) in [7, 11) is 0. The molecule has 2 aliphatic heterocycles. The van der Waals surface area contributed by atoms with Gasteiger partial charge in [-0.25, -0.2) is 0 Å². The average molecular weight is 478 g/mol. The smallest absolute Gasteiger partial charge is 0.144 e. The lowest BCUT2D eigenvalue weighted by Gasteiger charge is -2.47. The molecule has 2 saturated heterocycles. The van der Waals surface area contributed by atoms with Crippen LogP contribution in [0, 0.1) is 0 Å². The minimum Gasteiger partial charge on any atom is -0.494 e. The van der Waals surface area contributed by atoms with E-state index in [2.05, 4.69) is 0 Å². The third kappa shape index (κ3) is 5.69. The van der Waals surface area contributed by atoms with Crippen molar-refractivity contribution in [3.8, 4) is 5.75 Å². The highest BCUT2D eigenvalue weighted by molar-refractivity contribution is 6.31. The van der Waals surface area contributed by atoms with Crippen LogP contribution >= 0.6 is 11.6 Å². The van der Waals surface area contributed by atoms with Gasteiger partial charge < -0.3 is 34.9 Å². The van der Waals surface area contributed by atoms with Crippen LogP contribution in [0.3, 0.4) is 0 Å². The Kier molecular flexibility index (Phi) is 7.91. The van der Waals surface area contributed by atoms with Crippen molar-refractivity contribution in [2.24, 2.45) is 5.73 Å². The highest BCUT2D eigenvalue weighted by Gasteiger charge is 2.50. The predicted octanol–water partition coefficient (Wildman–Crippen LogP) is 2.63. The second-order valence-electron chi connectivity index (χ2n) is 8.81. The number of nitrogens with two attached hydrogens (primary N) is 1. The first kappa shape index (κ1) is 24.4. The molecule has 0 saturated carbocycles. The summed E-state index contributed by atoms with van der Waals surface area (Å²) in [6.07, 6.45) is -1.65. The summed E-state index contributed by atoms with van der Waals surface area (Å²) in [5, 5.41) is 22.1. The molecule has 2 heterocycles. The van der Waals surface area contributed by atoms with Gasteiger partial charge >= 0.3 is 0 Å². The molecule has 180 valence electrons. The van der Waals surface area contributed by atoms with Crippen LogP contribution in [0.15, 0.2) is 42.5 Å². The molecular weight excluding hydrogens is 446 g/mol. The molecule has 33 heavy (non-hydrogen) atoms. The average Bonchev–Trinajstić information content (AvgIpc) is 2.78. The Morgan fingerprint density at radius 3 is 2.45 bits per heavy atom. The number of benzene rings is 2. The molecular formula is C25H32ClNO6. The maximum Gasteiger partial charge on any atom is 0.144 e. The van der Waals surface area contributed by atoms with Gasteiger partial charge in [0, 0.05) is 11.4 Å². The van der Waals surface area contributed by atoms with Crippen LogP contribution in [0.25, 0.3) is 0 Å². The molecule has 2 aliphatic rings. The monoisotopic (exact) mass is 477 g/mol. The Bertz CT molecular complexity index is 914. The van der Waals surface area contributed by atoms with Crippen molar-refractivity contribution < 1.29 is 29.2 Å². The Labute approximate surface area is 199 Å². The van der Waals surface area contributed by atoms with Crippen LogP contribution < -0.4 is 10.5 Å². The number of hydrogen-bond acceptors (Lipinski definition) is 7. The van der Waals surface area contributed by atoms with Crippen molar-refractivity contribution in [3.05, 3.63) is 64.2 Å². The van der Waals surface area contributed by atoms with Crippen molar-refractivity contribution in [2.75, 3.05) is 33.0 Å². The number of ether oxygens (including phenoxy) is 4. The topological polar surface area (TPSA) is 103 Å². The molecule has 0 bridgehead atoms. The molecule has 2 unspecified atom stereocenters. The number of halogens is 1. The Morgan fingerprint density at radius 1 is 1.09 bits per heavy atom. The Hall–Kier alpha value is -1.71. The second-order valence-corrected chi connectivity index (χ2v) is 9.22. The van der Waals surface area contributed by atoms with Gasteiger partial charge in [0.25, 0.3) is 0 Å². The number of rotatable bonds is 5. The van der Waals surface area contributed by atoms with Gasteiger partial charge in [-0.05, 0) is 48.2 Å². The van der Waals surface area contributed by atoms with E-state index in [1.807, 2.05) is 49.4 Å². The first-order valence-corrected chi connectivity index (χ1v) is 11.7. The summed E-state index contributed by atoms with van der Waals surface area (Å²) < 4.78 is 23.3. The minimum absolute atomic E-state index is 0.0854. The SMILES string of the molecule is CCOc1ccc(Cc2cc(C3CC(O)[C@H](O)C4(COCC(N)COC4)O3)ccc2Cl)cc1. The zero-order valence-corrected chi connectivity index (χ0v) is 19.5. The van der Waals surface area contributed by atoms with Gasteiger partial charge in [0.1, 0.15) is 17.5 Å². The lowest BCUT2D eigenvalue weighted by Crippen LogP contribution is -2.62. The number of aliphatic hydroxyl groups excluding tert-OH is 2. The van der Waals surface area contributed by atoms with Crippen LogP contribution in [0.1, 0.15) is 36.1 Å². The van der Waals surface area contributed by atoms with E-state index in [0.29, 0.717) is 31.3 Å². The third-order valence-corrected chi connectivity index (χ3v) is 6.53. The predicted molar refractivity (Wildman–Crippen MR) is 125 cm³/mol. The van der Waals surface area contributed by atoms with Gasteiger partial charge in [0.05, 0.1) is 51.3 Å². The molecule has 2 aromatic carbocycles. The van der Waals surface area contributed by atoms with Crippen molar-refractivity contribution in [1.82, 2.24) is 0 Å². The first-order valence-electron chi connectivity index (χ1n) is 11.4. The first-order chi connectivity index (χ1) is 15.9. The van der Waals surface area contributed by atoms with E-state index in [9.17, 15) is 10.2 Å². The van der Waals surface area contributed by atoms with E-state index < -0.39 is 23.9 Å². The van der Waals surface area contributed by atoms with Crippen molar-refractivity contribution in [1.29, 1.82) is 0 Å². The Morgan fingerprint density at radius 2 is 1.79 bits per heavy atom. The van der Waals surface area contributed by atoms with E-state index in [1.54, 1.807) is 0 Å². The molecule has 4 rings (SSSR count). The lowest BCUT2D eigenvalue weighted by molar-refractivity contribution is -0.270. The normalized spacial score (nSPS) is 30.6. The van der Waals surface area contributed by atoms with E-state index >= 15 is 0 Å². The van der Waals surface area contributed by atoms with Gasteiger partial charge in [-0.2, -0.15) is 0 Å². The summed E-state index contributed by atoms with van der Waals surface area (Å²) in [4.78, 5) is 0. The molecule has 0 aliphatic carbocycles. The van der Waals surface area contributed by atoms with Gasteiger partial charge in [0.15, 0.2) is 0 Å². The van der Waals surface area contributed by atoms with Crippen LogP contribution in [0.2, 0.25) is 5.02 Å². The number of aliphatic hydroxyl groups is 2. The fraction of sp³-hybridized carbons (Fsp3) is 0.520. The fourth-order valence-corrected chi connectivity index (χ4v) is 4.60. The minimum atomic E-state index is -1.17. The summed E-state index contributed by atoms with van der Waals surface area (Å²) in [6.45, 7) is 3.34. The number of hydrogen-bond donors (Lipinski definition) is 3. The molecule has 2 fully saturated rings. The zero-order chi connectivity index (χ0) is 23.4. The summed E-state index contributed by atoms with van der Waals surface area (Å²) in [5.74, 6) is 0.833. The molecule has 0 amide bonds. The summed E-state index contributed by atoms with van der Waals surface area (Å²) in [5.41, 5.74) is 7.66. The largest absolute Gasteiger partial charge is 0.494 e. The molecule has 3 atom stereocenters. The molecule has 2 aromatic rings. The van der Waals surface area contributed by atoms with Gasteiger partial charge in [0.2, 0.25) is 0 Å². The third-order valence-electron chi connectivity index (χ3n) is 6.16. The standard InChI is InChI=1S/C25H32ClNO6/c1-2-32-20-6-3-16(4-7-20)9-18-10-17(5-8-21(18)26)23-11-22(28)24(29)25(33-23)14-30-12-19(27)13-31-15-25/h3-8,10,19,22-24,28-29H,2,9,11-15,27H2,1H3/t19?,22?,23?,24-,25?/m0/s1. The van der Waals surface area contributed by atoms with Crippen molar-refractivity contribution in [3.63, 3.8) is 0 Å². The van der Waals surface area contributed by atoms with Crippen molar-refractivity contribution >= 4 is 11.6 Å². The van der Waals surface area contributed by atoms with E-state index in [0.717, 1.165) is 22.4 Å². The van der Waals surface area contributed by atoms with Gasteiger partial charge in [-0.1, -0.05) is 35.9 Å². The van der Waals surface area contributed by atoms with Crippen LogP contribution in [-0.4, -0.2) is 67.1 Å². The zero-order valence-electron chi connectivity index (χ0n) is 18.8. The molecule has 0 radical (unpaired) electrons. The second kappa shape index (κ2) is 10.7. The molecule has 0 aromatic heterocycles. The Balaban J connectivity index is 1.54. The highest BCUT2D eigenvalue weighted by Crippen LogP contribution is 2.40. The van der Waals surface area contributed by atoms with E-state index in [-0.39, 0.29) is 25.7 Å². The van der Waals surface area contributed by atoms with Crippen LogP contribution in [0.5, 0.6) is 5.75 Å². The van der Waals surface area contributed by atoms with E-state index in [1.165, 1.54) is 0 Å². The van der Waals surface area contributed by atoms with Crippen LogP contribution in [-0.2, 0) is 20.6 Å². The summed E-state index contributed by atoms with van der Waals surface area (Å²) in [6, 6.07) is 13.5. The maximum atomic E-state index is 10.8. The molecule has 4 N–H and O–H groups in total. The quantitative estimate of drug-likeness (QED) is 0.608. The van der Waals surface area contributed by atoms with Crippen LogP contribution in [0.4, 0.5) is 0 Å². The maximum absolute atomic E-state index is 10.8. The van der Waals surface area contributed by atoms with Gasteiger partial charge in [-0.3, -0.25) is 0 Å². The van der Waals surface area contributed by atoms with E-state index in [4.69, 9.17) is 36.3 Å². The lowest BCUT2D eigenvalue weighted by atomic mass is 9.85. The molecule has 8 heteroatoms. The summed E-state index contributed by atoms with van der Waals surface area (Å²) >= 11 is 6.51. The molecule has 7 nitrogen and oxygen atoms in total. The van der Waals surface area contributed by atoms with Gasteiger partial charge in [-0.15, -0.1) is 0 Å².